The fourth-order valence-corrected chi connectivity index (χ4v) is 10.7. The lowest BCUT2D eigenvalue weighted by molar-refractivity contribution is -0.870. The molecule has 10 heteroatoms. The number of nitrogens with zero attached hydrogens (tertiary/aromatic N) is 1. The average molecular weight is 1170 g/mol. The van der Waals surface area contributed by atoms with E-state index >= 15 is 0 Å². The van der Waals surface area contributed by atoms with Gasteiger partial charge in [-0.15, -0.1) is 0 Å². The summed E-state index contributed by atoms with van der Waals surface area (Å²) in [6, 6.07) is 0. The number of allylic oxidation sites excluding steroid dienone is 12. The normalized spacial score (nSPS) is 13.6. The van der Waals surface area contributed by atoms with E-state index in [9.17, 15) is 19.0 Å². The van der Waals surface area contributed by atoms with Gasteiger partial charge < -0.3 is 27.9 Å². The van der Waals surface area contributed by atoms with E-state index in [4.69, 9.17) is 18.5 Å². The summed E-state index contributed by atoms with van der Waals surface area (Å²) >= 11 is 0. The Balaban J connectivity index is 3.98. The molecule has 0 bridgehead atoms. The van der Waals surface area contributed by atoms with E-state index in [1.807, 2.05) is 21.1 Å². The van der Waals surface area contributed by atoms with Gasteiger partial charge in [0.2, 0.25) is 0 Å². The van der Waals surface area contributed by atoms with Gasteiger partial charge in [0.05, 0.1) is 27.7 Å². The lowest BCUT2D eigenvalue weighted by Gasteiger charge is -2.28. The first kappa shape index (κ1) is 79.5. The van der Waals surface area contributed by atoms with Gasteiger partial charge in [-0.25, -0.2) is 0 Å². The van der Waals surface area contributed by atoms with Gasteiger partial charge in [-0.05, 0) is 64.2 Å². The van der Waals surface area contributed by atoms with Gasteiger partial charge in [-0.1, -0.05) is 318 Å². The van der Waals surface area contributed by atoms with Gasteiger partial charge in [0, 0.05) is 12.8 Å². The second kappa shape index (κ2) is 63.0. The Kier molecular flexibility index (Phi) is 61.0. The zero-order valence-corrected chi connectivity index (χ0v) is 55.3. The van der Waals surface area contributed by atoms with Crippen LogP contribution in [-0.2, 0) is 32.7 Å². The van der Waals surface area contributed by atoms with E-state index < -0.39 is 32.5 Å². The molecule has 0 aromatic heterocycles. The van der Waals surface area contributed by atoms with Crippen molar-refractivity contribution in [1.82, 2.24) is 0 Å². The smallest absolute Gasteiger partial charge is 0.306 e. The van der Waals surface area contributed by atoms with Gasteiger partial charge >= 0.3 is 11.9 Å². The lowest BCUT2D eigenvalue weighted by Crippen LogP contribution is -2.37. The molecular formula is C72H132NO8P. The van der Waals surface area contributed by atoms with Crippen molar-refractivity contribution < 1.29 is 42.1 Å². The third kappa shape index (κ3) is 66.6. The second-order valence-electron chi connectivity index (χ2n) is 24.5. The SMILES string of the molecule is CC/C=C\C/C=C\C/C=C\C/C=C\C/C=C\C/C=C\CCCCC(=O)OC(COC(=O)CCCCCCCCCCCCCCCCCCCCCCCCCCCCCCCCCCCCCCC)COP(=O)([O-])OCC[N+](C)(C)C. The zero-order chi connectivity index (χ0) is 59.8. The fourth-order valence-electron chi connectivity index (χ4n) is 9.96. The van der Waals surface area contributed by atoms with Gasteiger partial charge in [-0.2, -0.15) is 0 Å². The number of rotatable bonds is 64. The van der Waals surface area contributed by atoms with Crippen LogP contribution in [0.1, 0.15) is 322 Å². The molecule has 0 aromatic carbocycles. The molecule has 0 N–H and O–H groups in total. The first-order valence-electron chi connectivity index (χ1n) is 34.6. The summed E-state index contributed by atoms with van der Waals surface area (Å²) in [5, 5.41) is 0. The minimum Gasteiger partial charge on any atom is -0.756 e. The number of quaternary nitrogens is 1. The predicted molar refractivity (Wildman–Crippen MR) is 351 cm³/mol. The van der Waals surface area contributed by atoms with E-state index in [0.717, 1.165) is 70.6 Å². The van der Waals surface area contributed by atoms with Gasteiger partial charge in [-0.3, -0.25) is 14.2 Å². The number of ether oxygens (including phenoxy) is 2. The average Bonchev–Trinajstić information content (AvgIpc) is 3.46. The van der Waals surface area contributed by atoms with Crippen molar-refractivity contribution in [2.24, 2.45) is 0 Å². The Labute approximate surface area is 508 Å². The third-order valence-corrected chi connectivity index (χ3v) is 16.2. The summed E-state index contributed by atoms with van der Waals surface area (Å²) in [7, 11) is 1.14. The van der Waals surface area contributed by atoms with Crippen molar-refractivity contribution in [3.05, 3.63) is 72.9 Å². The summed E-state index contributed by atoms with van der Waals surface area (Å²) in [5.41, 5.74) is 0. The molecule has 0 amide bonds. The van der Waals surface area contributed by atoms with Crippen LogP contribution in [0, 0.1) is 0 Å². The molecule has 2 atom stereocenters. The molecule has 0 radical (unpaired) electrons. The largest absolute Gasteiger partial charge is 0.756 e. The van der Waals surface area contributed by atoms with E-state index in [2.05, 4.69) is 86.8 Å². The van der Waals surface area contributed by atoms with E-state index in [0.29, 0.717) is 17.4 Å². The maximum Gasteiger partial charge on any atom is 0.306 e. The molecule has 0 spiro atoms. The monoisotopic (exact) mass is 1170 g/mol. The molecule has 0 fully saturated rings. The highest BCUT2D eigenvalue weighted by molar-refractivity contribution is 7.45. The summed E-state index contributed by atoms with van der Waals surface area (Å²) < 4.78 is 34.2. The third-order valence-electron chi connectivity index (χ3n) is 15.2. The van der Waals surface area contributed by atoms with E-state index in [1.165, 1.54) is 218 Å². The maximum absolute atomic E-state index is 12.8. The van der Waals surface area contributed by atoms with Crippen LogP contribution in [0.3, 0.4) is 0 Å². The predicted octanol–water partition coefficient (Wildman–Crippen LogP) is 21.8. The molecule has 0 aromatic rings. The maximum atomic E-state index is 12.8. The number of hydrogen-bond acceptors (Lipinski definition) is 8. The Bertz CT molecular complexity index is 1610. The topological polar surface area (TPSA) is 111 Å². The van der Waals surface area contributed by atoms with E-state index in [1.54, 1.807) is 0 Å². The number of phosphoric ester groups is 1. The van der Waals surface area contributed by atoms with Gasteiger partial charge in [0.25, 0.3) is 7.82 Å². The molecule has 2 unspecified atom stereocenters. The van der Waals surface area contributed by atoms with Crippen LogP contribution in [0.4, 0.5) is 0 Å². The number of carbonyl (C=O) groups is 2. The van der Waals surface area contributed by atoms with Crippen LogP contribution >= 0.6 is 7.82 Å². The Morgan fingerprint density at radius 1 is 0.390 bits per heavy atom. The Morgan fingerprint density at radius 3 is 1.04 bits per heavy atom. The quantitative estimate of drug-likeness (QED) is 0.0195. The minimum absolute atomic E-state index is 0.0414. The number of hydrogen-bond donors (Lipinski definition) is 0. The number of esters is 2. The molecule has 0 saturated heterocycles. The molecule has 0 aliphatic heterocycles. The Morgan fingerprint density at radius 2 is 0.695 bits per heavy atom. The number of likely N-dealkylation sites (N-methyl/N-ethyl adjacent to an activating group) is 1. The standard InChI is InChI=1S/C72H132NO8P/c1-6-8-10-12-14-16-18-20-22-24-26-28-29-30-31-32-33-34-35-36-37-38-39-40-41-42-43-45-46-48-50-52-54-56-58-60-62-64-71(74)78-68-70(69-80-82(76,77)79-67-66-73(3,4)5)81-72(75)65-63-61-59-57-55-53-51-49-47-44-27-25-23-21-19-17-15-13-11-9-7-2/h9,11,15,17,21,23,27,44,49,51,55,57,70H,6-8,10,12-14,16,18-20,22,24-26,28-43,45-48,50,52-54,56,58-69H2,1-5H3/b11-9-,17-15-,23-21-,44-27-,51-49-,57-55-. The molecule has 0 aliphatic carbocycles. The van der Waals surface area contributed by atoms with Crippen LogP contribution in [0.25, 0.3) is 0 Å². The molecule has 0 heterocycles. The number of carbonyl (C=O) groups excluding carboxylic acids is 2. The molecule has 0 aliphatic rings. The summed E-state index contributed by atoms with van der Waals surface area (Å²) in [6.45, 7) is 4.11. The van der Waals surface area contributed by atoms with Crippen molar-refractivity contribution in [3.63, 3.8) is 0 Å². The fraction of sp³-hybridized carbons (Fsp3) is 0.806. The highest BCUT2D eigenvalue weighted by atomic mass is 31.2. The summed E-state index contributed by atoms with van der Waals surface area (Å²) in [5.74, 6) is -0.876. The van der Waals surface area contributed by atoms with Crippen LogP contribution < -0.4 is 4.89 Å². The van der Waals surface area contributed by atoms with Crippen LogP contribution in [0.2, 0.25) is 0 Å². The number of unbranched alkanes of at least 4 members (excludes halogenated alkanes) is 38. The van der Waals surface area contributed by atoms with Gasteiger partial charge in [0.1, 0.15) is 19.8 Å². The van der Waals surface area contributed by atoms with Crippen molar-refractivity contribution in [2.45, 2.75) is 328 Å². The first-order valence-corrected chi connectivity index (χ1v) is 36.1. The molecule has 0 rings (SSSR count). The van der Waals surface area contributed by atoms with Gasteiger partial charge in [0.15, 0.2) is 6.10 Å². The van der Waals surface area contributed by atoms with Crippen molar-refractivity contribution >= 4 is 19.8 Å². The Hall–Kier alpha value is -2.55. The number of phosphoric acid groups is 1. The highest BCUT2D eigenvalue weighted by Crippen LogP contribution is 2.38. The van der Waals surface area contributed by atoms with Crippen molar-refractivity contribution in [2.75, 3.05) is 47.5 Å². The van der Waals surface area contributed by atoms with Crippen LogP contribution in [-0.4, -0.2) is 70.0 Å². The highest BCUT2D eigenvalue weighted by Gasteiger charge is 2.22. The zero-order valence-electron chi connectivity index (χ0n) is 54.4. The van der Waals surface area contributed by atoms with Crippen LogP contribution in [0.15, 0.2) is 72.9 Å². The molecule has 9 nitrogen and oxygen atoms in total. The minimum atomic E-state index is -4.65. The first-order chi connectivity index (χ1) is 40.0. The summed E-state index contributed by atoms with van der Waals surface area (Å²) in [6.07, 6.45) is 84.4. The molecule has 82 heavy (non-hydrogen) atoms. The summed E-state index contributed by atoms with van der Waals surface area (Å²) in [4.78, 5) is 38.0. The molecular weight excluding hydrogens is 1040 g/mol. The lowest BCUT2D eigenvalue weighted by atomic mass is 10.0. The van der Waals surface area contributed by atoms with Crippen molar-refractivity contribution in [1.29, 1.82) is 0 Å². The van der Waals surface area contributed by atoms with Crippen LogP contribution in [0.5, 0.6) is 0 Å². The second-order valence-corrected chi connectivity index (χ2v) is 25.9. The van der Waals surface area contributed by atoms with E-state index in [-0.39, 0.29) is 26.1 Å². The molecule has 478 valence electrons. The molecule has 0 saturated carbocycles. The van der Waals surface area contributed by atoms with Crippen molar-refractivity contribution in [3.8, 4) is 0 Å².